The number of rotatable bonds is 7. The van der Waals surface area contributed by atoms with Crippen LogP contribution in [0.2, 0.25) is 0 Å². The number of amides is 1. The maximum atomic E-state index is 12.4. The third kappa shape index (κ3) is 4.44. The molecule has 26 heavy (non-hydrogen) atoms. The Morgan fingerprint density at radius 3 is 2.62 bits per heavy atom. The summed E-state index contributed by atoms with van der Waals surface area (Å²) in [7, 11) is 0. The molecule has 0 radical (unpaired) electrons. The molecule has 0 bridgehead atoms. The summed E-state index contributed by atoms with van der Waals surface area (Å²) in [6.07, 6.45) is 4.18. The Kier molecular flexibility index (Phi) is 5.58. The highest BCUT2D eigenvalue weighted by molar-refractivity contribution is 5.96. The van der Waals surface area contributed by atoms with Crippen LogP contribution in [0.4, 0.5) is 8.78 Å². The maximum absolute atomic E-state index is 12.4. The van der Waals surface area contributed by atoms with Gasteiger partial charge in [0.1, 0.15) is 5.75 Å². The topological polar surface area (TPSA) is 56.2 Å². The third-order valence-corrected chi connectivity index (χ3v) is 3.70. The first-order valence-corrected chi connectivity index (χ1v) is 8.04. The smallest absolute Gasteiger partial charge is 0.387 e. The van der Waals surface area contributed by atoms with E-state index < -0.39 is 12.5 Å². The molecule has 0 aliphatic carbocycles. The number of ether oxygens (including phenoxy) is 1. The fourth-order valence-corrected chi connectivity index (χ4v) is 2.48. The Morgan fingerprint density at radius 1 is 1.12 bits per heavy atom. The molecule has 0 atom stereocenters. The first-order valence-electron chi connectivity index (χ1n) is 8.04. The summed E-state index contributed by atoms with van der Waals surface area (Å²) in [4.78, 5) is 12.2. The molecule has 1 N–H and O–H groups in total. The second-order valence-corrected chi connectivity index (χ2v) is 5.51. The largest absolute Gasteiger partial charge is 0.434 e. The minimum Gasteiger partial charge on any atom is -0.434 e. The first kappa shape index (κ1) is 17.6. The Morgan fingerprint density at radius 2 is 1.85 bits per heavy atom. The van der Waals surface area contributed by atoms with Gasteiger partial charge < -0.3 is 10.1 Å². The van der Waals surface area contributed by atoms with Gasteiger partial charge in [-0.05, 0) is 36.2 Å². The summed E-state index contributed by atoms with van der Waals surface area (Å²) < 4.78 is 31.0. The van der Waals surface area contributed by atoms with Crippen molar-refractivity contribution in [1.82, 2.24) is 15.1 Å². The van der Waals surface area contributed by atoms with Gasteiger partial charge in [-0.2, -0.15) is 13.9 Å². The molecule has 3 aromatic rings. The van der Waals surface area contributed by atoms with Gasteiger partial charge in [-0.1, -0.05) is 30.3 Å². The normalized spacial score (nSPS) is 10.7. The number of hydrogen-bond acceptors (Lipinski definition) is 3. The number of para-hydroxylation sites is 2. The molecule has 7 heteroatoms. The third-order valence-electron chi connectivity index (χ3n) is 3.70. The van der Waals surface area contributed by atoms with Gasteiger partial charge in [0, 0.05) is 12.7 Å². The lowest BCUT2D eigenvalue weighted by Gasteiger charge is -2.10. The van der Waals surface area contributed by atoms with Crippen molar-refractivity contribution in [3.8, 4) is 11.4 Å². The number of benzene rings is 2. The zero-order valence-electron chi connectivity index (χ0n) is 13.8. The van der Waals surface area contributed by atoms with Crippen LogP contribution in [-0.4, -0.2) is 28.8 Å². The monoisotopic (exact) mass is 357 g/mol. The average Bonchev–Trinajstić information content (AvgIpc) is 3.11. The van der Waals surface area contributed by atoms with Gasteiger partial charge >= 0.3 is 6.61 Å². The number of nitrogens with one attached hydrogen (secondary N) is 1. The summed E-state index contributed by atoms with van der Waals surface area (Å²) in [6.45, 7) is -2.63. The minimum absolute atomic E-state index is 0.0766. The molecule has 0 fully saturated rings. The van der Waals surface area contributed by atoms with Crippen molar-refractivity contribution in [3.05, 3.63) is 78.1 Å². The summed E-state index contributed by atoms with van der Waals surface area (Å²) in [5.74, 6) is -0.603. The van der Waals surface area contributed by atoms with E-state index in [-0.39, 0.29) is 11.3 Å². The number of alkyl halides is 2. The van der Waals surface area contributed by atoms with Crippen LogP contribution in [0.15, 0.2) is 67.0 Å². The van der Waals surface area contributed by atoms with E-state index in [0.717, 1.165) is 11.3 Å². The maximum Gasteiger partial charge on any atom is 0.387 e. The fourth-order valence-electron chi connectivity index (χ4n) is 2.48. The highest BCUT2D eigenvalue weighted by Gasteiger charge is 2.14. The number of aromatic nitrogens is 2. The van der Waals surface area contributed by atoms with E-state index in [0.29, 0.717) is 13.0 Å². The minimum atomic E-state index is -2.98. The van der Waals surface area contributed by atoms with Gasteiger partial charge in [0.05, 0.1) is 17.4 Å². The highest BCUT2D eigenvalue weighted by atomic mass is 19.3. The van der Waals surface area contributed by atoms with Gasteiger partial charge in [0.2, 0.25) is 0 Å². The molecule has 0 saturated heterocycles. The van der Waals surface area contributed by atoms with Crippen molar-refractivity contribution in [2.45, 2.75) is 13.0 Å². The van der Waals surface area contributed by atoms with Crippen molar-refractivity contribution in [3.63, 3.8) is 0 Å². The number of carbonyl (C=O) groups is 1. The second-order valence-electron chi connectivity index (χ2n) is 5.51. The zero-order chi connectivity index (χ0) is 18.4. The summed E-state index contributed by atoms with van der Waals surface area (Å²) in [6, 6.07) is 15.6. The Bertz CT molecular complexity index is 866. The van der Waals surface area contributed by atoms with Crippen molar-refractivity contribution in [2.75, 3.05) is 6.54 Å². The van der Waals surface area contributed by atoms with Gasteiger partial charge in [-0.15, -0.1) is 0 Å². The quantitative estimate of drug-likeness (QED) is 0.705. The Hall–Kier alpha value is -3.22. The number of halogens is 2. The fraction of sp³-hybridized carbons (Fsp3) is 0.158. The Labute approximate surface area is 149 Å². The number of nitrogens with zero attached hydrogens (tertiary/aromatic N) is 2. The molecule has 2 aromatic carbocycles. The first-order chi connectivity index (χ1) is 12.6. The van der Waals surface area contributed by atoms with E-state index in [1.807, 2.05) is 36.5 Å². The predicted molar refractivity (Wildman–Crippen MR) is 92.7 cm³/mol. The van der Waals surface area contributed by atoms with Crippen LogP contribution in [0.25, 0.3) is 5.69 Å². The van der Waals surface area contributed by atoms with Crippen molar-refractivity contribution in [2.24, 2.45) is 0 Å². The van der Waals surface area contributed by atoms with E-state index >= 15 is 0 Å². The van der Waals surface area contributed by atoms with Gasteiger partial charge in [0.15, 0.2) is 0 Å². The molecule has 0 aliphatic rings. The SMILES string of the molecule is O=C(NCCc1cnn(-c2ccccc2)c1)c1ccccc1OC(F)F. The molecule has 0 spiro atoms. The highest BCUT2D eigenvalue weighted by Crippen LogP contribution is 2.20. The van der Waals surface area contributed by atoms with Crippen LogP contribution in [0, 0.1) is 0 Å². The van der Waals surface area contributed by atoms with Crippen LogP contribution in [-0.2, 0) is 6.42 Å². The van der Waals surface area contributed by atoms with Gasteiger partial charge in [-0.25, -0.2) is 4.68 Å². The predicted octanol–water partition coefficient (Wildman–Crippen LogP) is 3.45. The summed E-state index contributed by atoms with van der Waals surface area (Å²) >= 11 is 0. The van der Waals surface area contributed by atoms with Gasteiger partial charge in [-0.3, -0.25) is 4.79 Å². The molecule has 5 nitrogen and oxygen atoms in total. The van der Waals surface area contributed by atoms with E-state index in [9.17, 15) is 13.6 Å². The van der Waals surface area contributed by atoms with Crippen LogP contribution in [0.3, 0.4) is 0 Å². The lowest BCUT2D eigenvalue weighted by atomic mass is 10.2. The van der Waals surface area contributed by atoms with Crippen LogP contribution in [0.1, 0.15) is 15.9 Å². The standard InChI is InChI=1S/C19H17F2N3O2/c20-19(21)26-17-9-5-4-8-16(17)18(25)22-11-10-14-12-23-24(13-14)15-6-2-1-3-7-15/h1-9,12-13,19H,10-11H2,(H,22,25). The van der Waals surface area contributed by atoms with Crippen LogP contribution in [0.5, 0.6) is 5.75 Å². The number of hydrogen-bond donors (Lipinski definition) is 1. The Balaban J connectivity index is 1.57. The van der Waals surface area contributed by atoms with Gasteiger partial charge in [0.25, 0.3) is 5.91 Å². The van der Waals surface area contributed by atoms with E-state index in [1.54, 1.807) is 16.9 Å². The number of carbonyl (C=O) groups excluding carboxylic acids is 1. The van der Waals surface area contributed by atoms with E-state index in [2.05, 4.69) is 15.2 Å². The molecule has 0 aliphatic heterocycles. The molecule has 134 valence electrons. The van der Waals surface area contributed by atoms with Crippen LogP contribution >= 0.6 is 0 Å². The molecular weight excluding hydrogens is 340 g/mol. The average molecular weight is 357 g/mol. The zero-order valence-corrected chi connectivity index (χ0v) is 13.8. The summed E-state index contributed by atoms with van der Waals surface area (Å²) in [5, 5.41) is 7.00. The molecule has 0 unspecified atom stereocenters. The van der Waals surface area contributed by atoms with Crippen molar-refractivity contribution >= 4 is 5.91 Å². The van der Waals surface area contributed by atoms with Crippen molar-refractivity contribution < 1.29 is 18.3 Å². The van der Waals surface area contributed by atoms with Crippen molar-refractivity contribution in [1.29, 1.82) is 0 Å². The van der Waals surface area contributed by atoms with E-state index in [1.165, 1.54) is 18.2 Å². The second kappa shape index (κ2) is 8.24. The lowest BCUT2D eigenvalue weighted by Crippen LogP contribution is -2.26. The molecule has 1 heterocycles. The molecule has 1 amide bonds. The molecular formula is C19H17F2N3O2. The van der Waals surface area contributed by atoms with E-state index in [4.69, 9.17) is 0 Å². The molecule has 3 rings (SSSR count). The summed E-state index contributed by atoms with van der Waals surface area (Å²) in [5.41, 5.74) is 1.97. The lowest BCUT2D eigenvalue weighted by molar-refractivity contribution is -0.0501. The molecule has 0 saturated carbocycles. The molecule has 1 aromatic heterocycles. The van der Waals surface area contributed by atoms with Crippen LogP contribution < -0.4 is 10.1 Å².